The molecule has 3 aromatic rings. The van der Waals surface area contributed by atoms with E-state index < -0.39 is 5.97 Å². The average molecular weight is 403 g/mol. The third kappa shape index (κ3) is 4.28. The summed E-state index contributed by atoms with van der Waals surface area (Å²) in [4.78, 5) is 29.1. The van der Waals surface area contributed by atoms with Crippen LogP contribution in [0, 0.1) is 13.8 Å². The van der Waals surface area contributed by atoms with Gasteiger partial charge in [-0.1, -0.05) is 41.1 Å². The number of hydrogen-bond acceptors (Lipinski definition) is 4. The molecule has 140 valence electrons. The second kappa shape index (κ2) is 8.06. The summed E-state index contributed by atoms with van der Waals surface area (Å²) in [5.41, 5.74) is 3.83. The van der Waals surface area contributed by atoms with Gasteiger partial charge in [0.15, 0.2) is 4.80 Å². The zero-order chi connectivity index (χ0) is 19.6. The molecule has 1 heterocycles. The van der Waals surface area contributed by atoms with E-state index in [-0.39, 0.29) is 18.9 Å². The number of rotatable bonds is 4. The first-order chi connectivity index (χ1) is 12.9. The molecule has 7 heteroatoms. The molecule has 0 unspecified atom stereocenters. The van der Waals surface area contributed by atoms with E-state index >= 15 is 0 Å². The number of amides is 1. The molecule has 1 amide bonds. The van der Waals surface area contributed by atoms with E-state index in [1.54, 1.807) is 16.7 Å². The van der Waals surface area contributed by atoms with Crippen molar-refractivity contribution in [3.8, 4) is 0 Å². The summed E-state index contributed by atoms with van der Waals surface area (Å²) in [6.45, 7) is 4.03. The smallest absolute Gasteiger partial charge is 0.325 e. The van der Waals surface area contributed by atoms with E-state index in [0.29, 0.717) is 9.82 Å². The molecule has 0 spiro atoms. The SMILES string of the molecule is COC(=O)Cn1c(=NC(=O)Cc2ccccc2Cl)sc2cc(C)c(C)cc21. The van der Waals surface area contributed by atoms with Gasteiger partial charge in [0.2, 0.25) is 0 Å². The Labute approximate surface area is 165 Å². The van der Waals surface area contributed by atoms with Gasteiger partial charge in [0, 0.05) is 5.02 Å². The van der Waals surface area contributed by atoms with E-state index in [2.05, 4.69) is 4.99 Å². The maximum atomic E-state index is 12.5. The molecule has 2 aromatic carbocycles. The third-order valence-corrected chi connectivity index (χ3v) is 5.74. The molecule has 3 rings (SSSR count). The van der Waals surface area contributed by atoms with E-state index in [4.69, 9.17) is 16.3 Å². The standard InChI is InChI=1S/C20H19ClN2O3S/c1-12-8-16-17(9-13(12)2)27-20(23(16)11-19(25)26-3)22-18(24)10-14-6-4-5-7-15(14)21/h4-9H,10-11H2,1-3H3. The first kappa shape index (κ1) is 19.3. The Morgan fingerprint density at radius 1 is 1.19 bits per heavy atom. The molecule has 0 aliphatic carbocycles. The second-order valence-electron chi connectivity index (χ2n) is 6.22. The number of nitrogens with zero attached hydrogens (tertiary/aromatic N) is 2. The van der Waals surface area contributed by atoms with Crippen LogP contribution in [0.15, 0.2) is 41.4 Å². The Kier molecular flexibility index (Phi) is 5.77. The number of fused-ring (bicyclic) bond motifs is 1. The van der Waals surface area contributed by atoms with Crippen LogP contribution < -0.4 is 4.80 Å². The summed E-state index contributed by atoms with van der Waals surface area (Å²) in [6.07, 6.45) is 0.101. The zero-order valence-electron chi connectivity index (χ0n) is 15.3. The molecule has 0 bridgehead atoms. The number of carbonyl (C=O) groups is 2. The highest BCUT2D eigenvalue weighted by Crippen LogP contribution is 2.22. The number of halogens is 1. The lowest BCUT2D eigenvalue weighted by Crippen LogP contribution is -2.22. The number of benzene rings is 2. The summed E-state index contributed by atoms with van der Waals surface area (Å²) < 4.78 is 7.49. The average Bonchev–Trinajstić information content (AvgIpc) is 2.93. The Balaban J connectivity index is 2.07. The fraction of sp³-hybridized carbons (Fsp3) is 0.250. The maximum absolute atomic E-state index is 12.5. The van der Waals surface area contributed by atoms with Crippen molar-refractivity contribution in [2.75, 3.05) is 7.11 Å². The highest BCUT2D eigenvalue weighted by molar-refractivity contribution is 7.16. The lowest BCUT2D eigenvalue weighted by atomic mass is 10.1. The first-order valence-corrected chi connectivity index (χ1v) is 9.57. The monoisotopic (exact) mass is 402 g/mol. The largest absolute Gasteiger partial charge is 0.468 e. The molecule has 0 fully saturated rings. The van der Waals surface area contributed by atoms with Gasteiger partial charge in [-0.3, -0.25) is 9.59 Å². The van der Waals surface area contributed by atoms with Crippen LogP contribution >= 0.6 is 22.9 Å². The molecule has 1 aromatic heterocycles. The Morgan fingerprint density at radius 2 is 1.89 bits per heavy atom. The minimum Gasteiger partial charge on any atom is -0.468 e. The van der Waals surface area contributed by atoms with Crippen LogP contribution in [0.4, 0.5) is 0 Å². The topological polar surface area (TPSA) is 60.7 Å². The molecule has 0 atom stereocenters. The van der Waals surface area contributed by atoms with Crippen molar-refractivity contribution < 1.29 is 14.3 Å². The van der Waals surface area contributed by atoms with Gasteiger partial charge in [-0.05, 0) is 48.7 Å². The molecule has 27 heavy (non-hydrogen) atoms. The van der Waals surface area contributed by atoms with Crippen LogP contribution in [-0.2, 0) is 27.3 Å². The van der Waals surface area contributed by atoms with Crippen molar-refractivity contribution in [2.24, 2.45) is 4.99 Å². The van der Waals surface area contributed by atoms with Gasteiger partial charge in [0.05, 0.1) is 23.7 Å². The zero-order valence-corrected chi connectivity index (χ0v) is 16.9. The van der Waals surface area contributed by atoms with Gasteiger partial charge in [0.1, 0.15) is 6.54 Å². The number of hydrogen-bond donors (Lipinski definition) is 0. The number of esters is 1. The van der Waals surface area contributed by atoms with Gasteiger partial charge in [-0.15, -0.1) is 0 Å². The number of thiazole rings is 1. The van der Waals surface area contributed by atoms with Gasteiger partial charge >= 0.3 is 5.97 Å². The molecule has 5 nitrogen and oxygen atoms in total. The van der Waals surface area contributed by atoms with Crippen molar-refractivity contribution >= 4 is 45.0 Å². The summed E-state index contributed by atoms with van der Waals surface area (Å²) in [5.74, 6) is -0.713. The lowest BCUT2D eigenvalue weighted by molar-refractivity contribution is -0.141. The quantitative estimate of drug-likeness (QED) is 0.623. The summed E-state index contributed by atoms with van der Waals surface area (Å²) in [7, 11) is 1.34. The predicted molar refractivity (Wildman–Crippen MR) is 107 cm³/mol. The fourth-order valence-corrected chi connectivity index (χ4v) is 4.03. The van der Waals surface area contributed by atoms with E-state index in [1.165, 1.54) is 18.4 Å². The molecule has 0 saturated carbocycles. The Morgan fingerprint density at radius 3 is 2.59 bits per heavy atom. The van der Waals surface area contributed by atoms with Gasteiger partial charge < -0.3 is 9.30 Å². The van der Waals surface area contributed by atoms with Crippen molar-refractivity contribution in [3.63, 3.8) is 0 Å². The minimum atomic E-state index is -0.395. The normalized spacial score (nSPS) is 11.8. The fourth-order valence-electron chi connectivity index (χ4n) is 2.70. The second-order valence-corrected chi connectivity index (χ2v) is 7.64. The molecule has 0 radical (unpaired) electrons. The molecule has 0 aliphatic heterocycles. The predicted octanol–water partition coefficient (Wildman–Crippen LogP) is 3.82. The van der Waals surface area contributed by atoms with Crippen molar-refractivity contribution in [3.05, 3.63) is 62.9 Å². The van der Waals surface area contributed by atoms with Crippen molar-refractivity contribution in [1.29, 1.82) is 0 Å². The molecule has 0 saturated heterocycles. The van der Waals surface area contributed by atoms with Crippen LogP contribution in [-0.4, -0.2) is 23.6 Å². The van der Waals surface area contributed by atoms with Crippen LogP contribution in [0.2, 0.25) is 5.02 Å². The number of methoxy groups -OCH3 is 1. The molecule has 0 N–H and O–H groups in total. The Bertz CT molecular complexity index is 1100. The lowest BCUT2D eigenvalue weighted by Gasteiger charge is -2.05. The number of aromatic nitrogens is 1. The Hall–Kier alpha value is -2.44. The van der Waals surface area contributed by atoms with E-state index in [0.717, 1.165) is 26.9 Å². The number of aryl methyl sites for hydroxylation is 2. The van der Waals surface area contributed by atoms with Gasteiger partial charge in [-0.2, -0.15) is 4.99 Å². The highest BCUT2D eigenvalue weighted by Gasteiger charge is 2.13. The molecule has 0 aliphatic rings. The van der Waals surface area contributed by atoms with Crippen molar-refractivity contribution in [1.82, 2.24) is 4.57 Å². The number of ether oxygens (including phenoxy) is 1. The maximum Gasteiger partial charge on any atom is 0.325 e. The van der Waals surface area contributed by atoms with Crippen LogP contribution in [0.3, 0.4) is 0 Å². The van der Waals surface area contributed by atoms with Crippen molar-refractivity contribution in [2.45, 2.75) is 26.8 Å². The van der Waals surface area contributed by atoms with Gasteiger partial charge in [-0.25, -0.2) is 0 Å². The summed E-state index contributed by atoms with van der Waals surface area (Å²) in [5, 5.41) is 0.533. The number of carbonyl (C=O) groups excluding carboxylic acids is 2. The molecular weight excluding hydrogens is 384 g/mol. The minimum absolute atomic E-state index is 0.00277. The third-order valence-electron chi connectivity index (χ3n) is 4.33. The van der Waals surface area contributed by atoms with E-state index in [1.807, 2.05) is 38.1 Å². The van der Waals surface area contributed by atoms with Crippen LogP contribution in [0.25, 0.3) is 10.2 Å². The summed E-state index contributed by atoms with van der Waals surface area (Å²) in [6, 6.07) is 11.2. The van der Waals surface area contributed by atoms with E-state index in [9.17, 15) is 9.59 Å². The molecular formula is C20H19ClN2O3S. The highest BCUT2D eigenvalue weighted by atomic mass is 35.5. The van der Waals surface area contributed by atoms with Crippen LogP contribution in [0.5, 0.6) is 0 Å². The first-order valence-electron chi connectivity index (χ1n) is 8.37. The van der Waals surface area contributed by atoms with Crippen LogP contribution in [0.1, 0.15) is 16.7 Å². The summed E-state index contributed by atoms with van der Waals surface area (Å²) >= 11 is 7.51. The van der Waals surface area contributed by atoms with Gasteiger partial charge in [0.25, 0.3) is 5.91 Å².